The van der Waals surface area contributed by atoms with Gasteiger partial charge in [0.2, 0.25) is 0 Å². The summed E-state index contributed by atoms with van der Waals surface area (Å²) in [4.78, 5) is 5.75. The summed E-state index contributed by atoms with van der Waals surface area (Å²) < 4.78 is 0.914. The highest BCUT2D eigenvalue weighted by atomic mass is 35.5. The Morgan fingerprint density at radius 3 is 3.29 bits per heavy atom. The van der Waals surface area contributed by atoms with Crippen LogP contribution in [0.2, 0.25) is 4.34 Å². The fourth-order valence-electron chi connectivity index (χ4n) is 2.29. The first kappa shape index (κ1) is 11.7. The van der Waals surface area contributed by atoms with Crippen molar-refractivity contribution < 1.29 is 0 Å². The molecule has 1 aliphatic carbocycles. The van der Waals surface area contributed by atoms with E-state index < -0.39 is 0 Å². The molecular formula is C12H13ClN2S2. The molecule has 0 radical (unpaired) electrons. The molecule has 5 heteroatoms. The predicted molar refractivity (Wildman–Crippen MR) is 74.0 cm³/mol. The number of aromatic nitrogens is 1. The molecule has 2 aromatic heterocycles. The zero-order valence-corrected chi connectivity index (χ0v) is 11.7. The van der Waals surface area contributed by atoms with Gasteiger partial charge in [-0.15, -0.1) is 22.7 Å². The van der Waals surface area contributed by atoms with E-state index in [1.807, 2.05) is 5.51 Å². The van der Waals surface area contributed by atoms with Crippen molar-refractivity contribution >= 4 is 34.3 Å². The molecule has 90 valence electrons. The van der Waals surface area contributed by atoms with Gasteiger partial charge in [0.1, 0.15) is 0 Å². The van der Waals surface area contributed by atoms with Crippen LogP contribution in [0.5, 0.6) is 0 Å². The summed E-state index contributed by atoms with van der Waals surface area (Å²) in [6.45, 7) is 0.848. The summed E-state index contributed by atoms with van der Waals surface area (Å²) in [6, 6.07) is 2.57. The van der Waals surface area contributed by atoms with E-state index in [4.69, 9.17) is 11.6 Å². The number of halogens is 1. The van der Waals surface area contributed by atoms with Gasteiger partial charge in [0.25, 0.3) is 0 Å². The highest BCUT2D eigenvalue weighted by Crippen LogP contribution is 2.37. The Bertz CT molecular complexity index is 493. The summed E-state index contributed by atoms with van der Waals surface area (Å²) in [6.07, 6.45) is 3.63. The molecule has 0 fully saturated rings. The topological polar surface area (TPSA) is 24.9 Å². The van der Waals surface area contributed by atoms with Crippen molar-refractivity contribution in [2.75, 3.05) is 0 Å². The molecule has 2 nitrogen and oxygen atoms in total. The Labute approximate surface area is 114 Å². The molecule has 17 heavy (non-hydrogen) atoms. The number of thiazole rings is 1. The third kappa shape index (κ3) is 2.55. The SMILES string of the molecule is Clc1cc2c(s1)CCCC2NCc1cscn1. The number of fused-ring (bicyclic) bond motifs is 1. The first-order valence-corrected chi connectivity index (χ1v) is 7.85. The molecule has 1 unspecified atom stereocenters. The van der Waals surface area contributed by atoms with Crippen molar-refractivity contribution in [2.24, 2.45) is 0 Å². The smallest absolute Gasteiger partial charge is 0.0934 e. The maximum atomic E-state index is 6.10. The molecule has 0 saturated heterocycles. The number of nitrogens with zero attached hydrogens (tertiary/aromatic N) is 1. The first-order chi connectivity index (χ1) is 8.33. The minimum Gasteiger partial charge on any atom is -0.304 e. The van der Waals surface area contributed by atoms with Crippen LogP contribution in [0, 0.1) is 0 Å². The van der Waals surface area contributed by atoms with E-state index in [9.17, 15) is 0 Å². The van der Waals surface area contributed by atoms with Gasteiger partial charge in [-0.05, 0) is 30.9 Å². The molecule has 0 spiro atoms. The summed E-state index contributed by atoms with van der Waals surface area (Å²) in [5.41, 5.74) is 4.41. The van der Waals surface area contributed by atoms with Crippen molar-refractivity contribution in [3.63, 3.8) is 0 Å². The Morgan fingerprint density at radius 2 is 2.47 bits per heavy atom. The monoisotopic (exact) mass is 284 g/mol. The van der Waals surface area contributed by atoms with Gasteiger partial charge in [0.15, 0.2) is 0 Å². The van der Waals surface area contributed by atoms with Gasteiger partial charge in [-0.1, -0.05) is 11.6 Å². The lowest BCUT2D eigenvalue weighted by atomic mass is 9.94. The van der Waals surface area contributed by atoms with E-state index >= 15 is 0 Å². The summed E-state index contributed by atoms with van der Waals surface area (Å²) >= 11 is 9.47. The predicted octanol–water partition coefficient (Wildman–Crippen LogP) is 4.03. The van der Waals surface area contributed by atoms with E-state index in [-0.39, 0.29) is 0 Å². The number of hydrogen-bond donors (Lipinski definition) is 1. The second-order valence-electron chi connectivity index (χ2n) is 4.23. The molecule has 0 aromatic carbocycles. The van der Waals surface area contributed by atoms with Crippen LogP contribution in [0.15, 0.2) is 17.0 Å². The van der Waals surface area contributed by atoms with Crippen LogP contribution in [0.3, 0.4) is 0 Å². The van der Waals surface area contributed by atoms with E-state index in [2.05, 4.69) is 21.7 Å². The van der Waals surface area contributed by atoms with Crippen LogP contribution in [0.25, 0.3) is 0 Å². The van der Waals surface area contributed by atoms with Crippen LogP contribution in [0.4, 0.5) is 0 Å². The normalized spacial score (nSPS) is 19.2. The molecule has 3 rings (SSSR count). The molecule has 2 aromatic rings. The third-order valence-electron chi connectivity index (χ3n) is 3.10. The van der Waals surface area contributed by atoms with E-state index in [1.165, 1.54) is 29.7 Å². The Balaban J connectivity index is 1.72. The van der Waals surface area contributed by atoms with Gasteiger partial charge in [-0.2, -0.15) is 0 Å². The van der Waals surface area contributed by atoms with E-state index in [0.717, 1.165) is 16.6 Å². The van der Waals surface area contributed by atoms with Gasteiger partial charge in [-0.25, -0.2) is 4.98 Å². The highest BCUT2D eigenvalue weighted by molar-refractivity contribution is 7.16. The maximum Gasteiger partial charge on any atom is 0.0934 e. The number of nitrogens with one attached hydrogen (secondary N) is 1. The van der Waals surface area contributed by atoms with Crippen molar-refractivity contribution in [1.29, 1.82) is 0 Å². The second kappa shape index (κ2) is 5.06. The minimum atomic E-state index is 0.448. The highest BCUT2D eigenvalue weighted by Gasteiger charge is 2.22. The molecule has 0 amide bonds. The van der Waals surface area contributed by atoms with Gasteiger partial charge >= 0.3 is 0 Å². The van der Waals surface area contributed by atoms with E-state index in [1.54, 1.807) is 22.7 Å². The molecular weight excluding hydrogens is 272 g/mol. The number of aryl methyl sites for hydroxylation is 1. The first-order valence-electron chi connectivity index (χ1n) is 5.71. The second-order valence-corrected chi connectivity index (χ2v) is 6.72. The van der Waals surface area contributed by atoms with Crippen LogP contribution < -0.4 is 5.32 Å². The zero-order valence-electron chi connectivity index (χ0n) is 9.28. The zero-order chi connectivity index (χ0) is 11.7. The molecule has 0 bridgehead atoms. The average molecular weight is 285 g/mol. The lowest BCUT2D eigenvalue weighted by molar-refractivity contribution is 0.461. The minimum absolute atomic E-state index is 0.448. The summed E-state index contributed by atoms with van der Waals surface area (Å²) in [5, 5.41) is 5.68. The molecule has 0 saturated carbocycles. The van der Waals surface area contributed by atoms with Crippen LogP contribution in [-0.2, 0) is 13.0 Å². The lowest BCUT2D eigenvalue weighted by Gasteiger charge is -2.23. The fraction of sp³-hybridized carbons (Fsp3) is 0.417. The van der Waals surface area contributed by atoms with Crippen molar-refractivity contribution in [3.05, 3.63) is 37.4 Å². The fourth-order valence-corrected chi connectivity index (χ4v) is 4.23. The molecule has 1 atom stereocenters. The summed E-state index contributed by atoms with van der Waals surface area (Å²) in [7, 11) is 0. The van der Waals surface area contributed by atoms with Crippen molar-refractivity contribution in [1.82, 2.24) is 10.3 Å². The van der Waals surface area contributed by atoms with Crippen molar-refractivity contribution in [2.45, 2.75) is 31.8 Å². The molecule has 0 aliphatic heterocycles. The van der Waals surface area contributed by atoms with Gasteiger partial charge < -0.3 is 5.32 Å². The summed E-state index contributed by atoms with van der Waals surface area (Å²) in [5.74, 6) is 0. The number of hydrogen-bond acceptors (Lipinski definition) is 4. The average Bonchev–Trinajstić information content (AvgIpc) is 2.93. The Hall–Kier alpha value is -0.420. The van der Waals surface area contributed by atoms with Gasteiger partial charge in [0.05, 0.1) is 15.5 Å². The third-order valence-corrected chi connectivity index (χ3v) is 5.07. The number of thiophene rings is 1. The molecule has 1 aliphatic rings. The van der Waals surface area contributed by atoms with Crippen LogP contribution in [0.1, 0.15) is 35.0 Å². The quantitative estimate of drug-likeness (QED) is 0.921. The van der Waals surface area contributed by atoms with E-state index in [0.29, 0.717) is 6.04 Å². The van der Waals surface area contributed by atoms with Crippen molar-refractivity contribution in [3.8, 4) is 0 Å². The van der Waals surface area contributed by atoms with Gasteiger partial charge in [-0.3, -0.25) is 0 Å². The Morgan fingerprint density at radius 1 is 1.53 bits per heavy atom. The Kier molecular flexibility index (Phi) is 3.47. The van der Waals surface area contributed by atoms with Crippen LogP contribution >= 0.6 is 34.3 Å². The largest absolute Gasteiger partial charge is 0.304 e. The number of rotatable bonds is 3. The standard InChI is InChI=1S/C12H13ClN2S2/c13-12-4-9-10(2-1-3-11(9)17-12)14-5-8-6-16-7-15-8/h4,6-7,10,14H,1-3,5H2. The lowest BCUT2D eigenvalue weighted by Crippen LogP contribution is -2.23. The van der Waals surface area contributed by atoms with Crippen LogP contribution in [-0.4, -0.2) is 4.98 Å². The maximum absolute atomic E-state index is 6.10. The van der Waals surface area contributed by atoms with Gasteiger partial charge in [0, 0.05) is 22.8 Å². The molecule has 2 heterocycles. The molecule has 1 N–H and O–H groups in total.